The average Bonchev–Trinajstić information content (AvgIpc) is 2.77. The first-order chi connectivity index (χ1) is 15.2. The van der Waals surface area contributed by atoms with Gasteiger partial charge in [0.25, 0.3) is 0 Å². The topological polar surface area (TPSA) is 90.3 Å². The molecule has 8 nitrogen and oxygen atoms in total. The zero-order valence-corrected chi connectivity index (χ0v) is 19.6. The predicted molar refractivity (Wildman–Crippen MR) is 128 cm³/mol. The molecule has 1 atom stereocenters. The minimum atomic E-state index is -0.991. The number of allylic oxidation sites excluding steroid dienone is 3. The Morgan fingerprint density at radius 1 is 1.06 bits per heavy atom. The molecule has 2 aromatic rings. The number of rotatable bonds is 5. The molecule has 0 spiro atoms. The van der Waals surface area contributed by atoms with Crippen LogP contribution in [0.4, 0.5) is 17.5 Å². The fourth-order valence-corrected chi connectivity index (χ4v) is 4.13. The number of nitrogens with one attached hydrogen (secondary N) is 1. The van der Waals surface area contributed by atoms with Crippen LogP contribution in [0.15, 0.2) is 36.3 Å². The molecule has 32 heavy (non-hydrogen) atoms. The van der Waals surface area contributed by atoms with Gasteiger partial charge in [0.05, 0.1) is 18.1 Å². The number of piperazine rings is 1. The lowest BCUT2D eigenvalue weighted by Gasteiger charge is -2.41. The van der Waals surface area contributed by atoms with Crippen LogP contribution >= 0.6 is 0 Å². The molecule has 3 heterocycles. The Balaban J connectivity index is 1.46. The summed E-state index contributed by atoms with van der Waals surface area (Å²) in [5.74, 6) is 2.59. The molecule has 1 fully saturated rings. The van der Waals surface area contributed by atoms with Gasteiger partial charge in [-0.1, -0.05) is 12.2 Å². The van der Waals surface area contributed by atoms with Crippen molar-refractivity contribution in [3.8, 4) is 0 Å². The van der Waals surface area contributed by atoms with Gasteiger partial charge in [0.15, 0.2) is 11.6 Å². The van der Waals surface area contributed by atoms with Crippen LogP contribution in [0.5, 0.6) is 0 Å². The van der Waals surface area contributed by atoms with Crippen LogP contribution in [0.3, 0.4) is 0 Å². The number of anilines is 3. The fraction of sp³-hybridized carbons (Fsp3) is 0.500. The summed E-state index contributed by atoms with van der Waals surface area (Å²) in [4.78, 5) is 13.5. The van der Waals surface area contributed by atoms with Crippen molar-refractivity contribution in [3.05, 3.63) is 53.1 Å². The van der Waals surface area contributed by atoms with Crippen molar-refractivity contribution in [2.24, 2.45) is 0 Å². The van der Waals surface area contributed by atoms with E-state index in [0.29, 0.717) is 5.69 Å². The van der Waals surface area contributed by atoms with E-state index in [1.165, 1.54) is 0 Å². The zero-order chi connectivity index (χ0) is 22.9. The van der Waals surface area contributed by atoms with E-state index in [-0.39, 0.29) is 6.04 Å². The van der Waals surface area contributed by atoms with Gasteiger partial charge in [-0.25, -0.2) is 4.98 Å². The quantitative estimate of drug-likeness (QED) is 0.738. The van der Waals surface area contributed by atoms with E-state index in [9.17, 15) is 5.11 Å². The first-order valence-electron chi connectivity index (χ1n) is 11.3. The Morgan fingerprint density at radius 2 is 1.88 bits per heavy atom. The Labute approximate surface area is 190 Å². The zero-order valence-electron chi connectivity index (χ0n) is 19.6. The van der Waals surface area contributed by atoms with Gasteiger partial charge in [0.1, 0.15) is 11.4 Å². The highest BCUT2D eigenvalue weighted by Gasteiger charge is 2.28. The minimum absolute atomic E-state index is 0.239. The normalized spacial score (nSPS) is 19.2. The van der Waals surface area contributed by atoms with Gasteiger partial charge < -0.3 is 20.2 Å². The number of aliphatic hydroxyl groups is 1. The van der Waals surface area contributed by atoms with Crippen molar-refractivity contribution < 1.29 is 5.11 Å². The van der Waals surface area contributed by atoms with Crippen molar-refractivity contribution >= 4 is 17.5 Å². The second kappa shape index (κ2) is 8.86. The highest BCUT2D eigenvalue weighted by Crippen LogP contribution is 2.28. The van der Waals surface area contributed by atoms with E-state index in [1.807, 2.05) is 0 Å². The smallest absolute Gasteiger partial charge is 0.156 e. The van der Waals surface area contributed by atoms with Gasteiger partial charge in [0.2, 0.25) is 0 Å². The predicted octanol–water partition coefficient (Wildman–Crippen LogP) is 3.47. The fourth-order valence-electron chi connectivity index (χ4n) is 4.13. The molecule has 1 saturated heterocycles. The van der Waals surface area contributed by atoms with Crippen LogP contribution in [0.2, 0.25) is 0 Å². The van der Waals surface area contributed by atoms with Gasteiger partial charge in [-0.3, -0.25) is 4.98 Å². The van der Waals surface area contributed by atoms with Gasteiger partial charge >= 0.3 is 0 Å². The molecule has 8 heteroatoms. The Hall–Kier alpha value is -3.00. The van der Waals surface area contributed by atoms with E-state index in [1.54, 1.807) is 26.2 Å². The second-order valence-corrected chi connectivity index (χ2v) is 9.19. The van der Waals surface area contributed by atoms with Gasteiger partial charge in [-0.2, -0.15) is 0 Å². The third-order valence-corrected chi connectivity index (χ3v) is 6.24. The molecule has 1 aliphatic carbocycles. The van der Waals surface area contributed by atoms with E-state index >= 15 is 0 Å². The Morgan fingerprint density at radius 3 is 2.50 bits per heavy atom. The summed E-state index contributed by atoms with van der Waals surface area (Å²) in [6, 6.07) is 0.239. The molecule has 1 aliphatic heterocycles. The molecule has 0 saturated carbocycles. The van der Waals surface area contributed by atoms with Crippen LogP contribution in [0, 0.1) is 13.8 Å². The molecule has 0 unspecified atom stereocenters. The minimum Gasteiger partial charge on any atom is -0.384 e. The third-order valence-electron chi connectivity index (χ3n) is 6.24. The maximum atomic E-state index is 10.1. The van der Waals surface area contributed by atoms with E-state index < -0.39 is 5.60 Å². The first kappa shape index (κ1) is 22.2. The summed E-state index contributed by atoms with van der Waals surface area (Å²) in [7, 11) is 0. The molecular formula is C24H33N7O. The summed E-state index contributed by atoms with van der Waals surface area (Å²) in [5, 5.41) is 22.6. The molecule has 4 rings (SSSR count). The highest BCUT2D eigenvalue weighted by molar-refractivity contribution is 5.60. The molecule has 170 valence electrons. The number of nitrogens with zero attached hydrogens (tertiary/aromatic N) is 6. The lowest BCUT2D eigenvalue weighted by Crippen LogP contribution is -2.53. The van der Waals surface area contributed by atoms with Crippen LogP contribution in [-0.2, 0) is 5.60 Å². The van der Waals surface area contributed by atoms with Crippen LogP contribution in [-0.4, -0.2) is 50.9 Å². The molecule has 0 bridgehead atoms. The lowest BCUT2D eigenvalue weighted by molar-refractivity contribution is 0.0734. The van der Waals surface area contributed by atoms with Gasteiger partial charge in [-0.15, -0.1) is 10.2 Å². The lowest BCUT2D eigenvalue weighted by atomic mass is 10.1. The standard InChI is InChI=1S/C24H33N7O/c1-16-15-30(11-12-31(16)21-14-25-20(13-26-21)24(4,5)32)23-18(3)17(2)22(28-29-23)27-19-9-7-6-8-10-19/h7,9-10,13-14,16,32H,6,8,11-12,15H2,1-5H3,(H,27,28)/t16-/m1/s1. The Kier molecular flexibility index (Phi) is 6.15. The second-order valence-electron chi connectivity index (χ2n) is 9.19. The van der Waals surface area contributed by atoms with Gasteiger partial charge in [0, 0.05) is 42.5 Å². The number of hydrogen-bond acceptors (Lipinski definition) is 8. The van der Waals surface area contributed by atoms with Crippen molar-refractivity contribution in [2.75, 3.05) is 34.8 Å². The third kappa shape index (κ3) is 4.60. The van der Waals surface area contributed by atoms with E-state index in [2.05, 4.69) is 74.3 Å². The summed E-state index contributed by atoms with van der Waals surface area (Å²) in [6.07, 6.45) is 12.0. The molecule has 2 aliphatic rings. The summed E-state index contributed by atoms with van der Waals surface area (Å²) < 4.78 is 0. The van der Waals surface area contributed by atoms with Crippen LogP contribution in [0.1, 0.15) is 50.4 Å². The largest absolute Gasteiger partial charge is 0.384 e. The van der Waals surface area contributed by atoms with Crippen molar-refractivity contribution in [2.45, 2.75) is 59.1 Å². The average molecular weight is 436 g/mol. The maximum absolute atomic E-state index is 10.1. The van der Waals surface area contributed by atoms with Crippen LogP contribution in [0.25, 0.3) is 0 Å². The highest BCUT2D eigenvalue weighted by atomic mass is 16.3. The number of aromatic nitrogens is 4. The summed E-state index contributed by atoms with van der Waals surface area (Å²) >= 11 is 0. The SMILES string of the molecule is Cc1c(NC2=CCCC=C2)nnc(N2CCN(c3cnc(C(C)(C)O)cn3)[C@H](C)C2)c1C. The monoisotopic (exact) mass is 435 g/mol. The maximum Gasteiger partial charge on any atom is 0.156 e. The number of hydrogen-bond donors (Lipinski definition) is 2. The molecule has 2 aromatic heterocycles. The van der Waals surface area contributed by atoms with Crippen molar-refractivity contribution in [1.29, 1.82) is 0 Å². The van der Waals surface area contributed by atoms with E-state index in [4.69, 9.17) is 0 Å². The molecule has 2 N–H and O–H groups in total. The van der Waals surface area contributed by atoms with Crippen molar-refractivity contribution in [3.63, 3.8) is 0 Å². The van der Waals surface area contributed by atoms with Crippen molar-refractivity contribution in [1.82, 2.24) is 20.2 Å². The molecule has 0 amide bonds. The molecular weight excluding hydrogens is 402 g/mol. The summed E-state index contributed by atoms with van der Waals surface area (Å²) in [6.45, 7) is 12.3. The summed E-state index contributed by atoms with van der Waals surface area (Å²) in [5.41, 5.74) is 2.94. The van der Waals surface area contributed by atoms with Gasteiger partial charge in [-0.05, 0) is 53.5 Å². The van der Waals surface area contributed by atoms with Crippen LogP contribution < -0.4 is 15.1 Å². The molecule has 0 radical (unpaired) electrons. The molecule has 0 aromatic carbocycles. The Bertz CT molecular complexity index is 1020. The first-order valence-corrected chi connectivity index (χ1v) is 11.3. The van der Waals surface area contributed by atoms with E-state index in [0.717, 1.165) is 66.8 Å².